The van der Waals surface area contributed by atoms with E-state index >= 15 is 0 Å². The molecule has 0 saturated carbocycles. The van der Waals surface area contributed by atoms with Gasteiger partial charge in [0.05, 0.1) is 53.3 Å². The van der Waals surface area contributed by atoms with E-state index < -0.39 is 10.0 Å². The van der Waals surface area contributed by atoms with E-state index in [9.17, 15) is 33.3 Å². The fourth-order valence-electron chi connectivity index (χ4n) is 11.0. The molecule has 3 aliphatic heterocycles. The van der Waals surface area contributed by atoms with E-state index in [0.717, 1.165) is 60.7 Å². The zero-order valence-electron chi connectivity index (χ0n) is 45.3. The number of anilines is 6. The third kappa shape index (κ3) is 11.5. The molecule has 2 amide bonds. The summed E-state index contributed by atoms with van der Waals surface area (Å²) >= 11 is 0. The van der Waals surface area contributed by atoms with Crippen LogP contribution in [0.5, 0.6) is 23.3 Å². The first-order valence-electron chi connectivity index (χ1n) is 26.9. The summed E-state index contributed by atoms with van der Waals surface area (Å²) in [4.78, 5) is 42.3. The molecular weight excluding hydrogens is 1020 g/mol. The average molecular weight is 1090 g/mol. The van der Waals surface area contributed by atoms with Gasteiger partial charge in [0.2, 0.25) is 21.9 Å². The Morgan fingerprint density at radius 2 is 1.49 bits per heavy atom. The smallest absolute Gasteiger partial charge is 0.319 e. The number of amides is 2. The Hall–Kier alpha value is -8.23. The quantitative estimate of drug-likeness (QED) is 0.0607. The highest BCUT2D eigenvalue weighted by atomic mass is 32.2. The number of nitrogens with one attached hydrogen (secondary N) is 2. The number of nitrogens with zero attached hydrogens (tertiary/aromatic N) is 9. The number of phenols is 2. The second kappa shape index (κ2) is 22.6. The van der Waals surface area contributed by atoms with Crippen LogP contribution in [0.4, 0.5) is 34.5 Å². The number of aromatic nitrogens is 5. The fourth-order valence-corrected chi connectivity index (χ4v) is 11.9. The summed E-state index contributed by atoms with van der Waals surface area (Å²) in [6, 6.07) is 31.4. The molecule has 412 valence electrons. The molecule has 0 radical (unpaired) electrons. The molecule has 5 heterocycles. The predicted octanol–water partition coefficient (Wildman–Crippen LogP) is 9.34. The average Bonchev–Trinajstić information content (AvgIpc) is 4.07. The normalized spacial score (nSPS) is 15.9. The van der Waals surface area contributed by atoms with Crippen molar-refractivity contribution in [2.75, 3.05) is 65.5 Å². The number of hydrogen-bond donors (Lipinski definition) is 5. The molecule has 5 N–H and O–H groups in total. The molecule has 1 atom stereocenters. The van der Waals surface area contributed by atoms with Gasteiger partial charge in [0.1, 0.15) is 22.9 Å². The van der Waals surface area contributed by atoms with E-state index in [2.05, 4.69) is 77.0 Å². The number of aromatic hydroxyl groups is 3. The Bertz CT molecular complexity index is 3480. The second-order valence-corrected chi connectivity index (χ2v) is 22.9. The first-order chi connectivity index (χ1) is 37.9. The molecule has 2 aromatic heterocycles. The Kier molecular flexibility index (Phi) is 15.5. The summed E-state index contributed by atoms with van der Waals surface area (Å²) in [5.74, 6) is 0.926. The van der Waals surface area contributed by atoms with Crippen molar-refractivity contribution >= 4 is 56.4 Å². The molecule has 5 aromatic carbocycles. The van der Waals surface area contributed by atoms with E-state index in [-0.39, 0.29) is 81.7 Å². The summed E-state index contributed by atoms with van der Waals surface area (Å²) in [5, 5.41) is 46.3. The highest BCUT2D eigenvalue weighted by Gasteiger charge is 2.36. The second-order valence-electron chi connectivity index (χ2n) is 21.1. The first-order valence-corrected chi connectivity index (χ1v) is 28.7. The molecule has 0 aliphatic carbocycles. The summed E-state index contributed by atoms with van der Waals surface area (Å²) in [6.45, 7) is 12.4. The van der Waals surface area contributed by atoms with E-state index in [1.807, 2.05) is 58.0 Å². The number of sulfonamides is 1. The Labute approximate surface area is 460 Å². The van der Waals surface area contributed by atoms with Gasteiger partial charge >= 0.3 is 6.01 Å². The maximum atomic E-state index is 13.7. The Balaban J connectivity index is 0.691. The predicted molar refractivity (Wildman–Crippen MR) is 305 cm³/mol. The van der Waals surface area contributed by atoms with Gasteiger partial charge in [0, 0.05) is 50.4 Å². The summed E-state index contributed by atoms with van der Waals surface area (Å²) in [7, 11) is -2.37. The van der Waals surface area contributed by atoms with Gasteiger partial charge in [-0.2, -0.15) is 4.98 Å². The molecule has 0 unspecified atom stereocenters. The number of phenolic OH excluding ortho intramolecular Hbond substituents is 2. The van der Waals surface area contributed by atoms with Crippen molar-refractivity contribution < 1.29 is 38.1 Å². The molecule has 10 rings (SSSR count). The van der Waals surface area contributed by atoms with Crippen LogP contribution in [0.3, 0.4) is 0 Å². The van der Waals surface area contributed by atoms with Crippen molar-refractivity contribution in [1.29, 1.82) is 0 Å². The molecule has 20 heteroatoms. The van der Waals surface area contributed by atoms with Gasteiger partial charge in [0.15, 0.2) is 11.6 Å². The van der Waals surface area contributed by atoms with Crippen LogP contribution in [0.1, 0.15) is 97.9 Å². The van der Waals surface area contributed by atoms with Crippen LogP contribution in [-0.2, 0) is 27.8 Å². The van der Waals surface area contributed by atoms with Gasteiger partial charge < -0.3 is 40.5 Å². The van der Waals surface area contributed by atoms with Crippen LogP contribution in [0.15, 0.2) is 109 Å². The van der Waals surface area contributed by atoms with E-state index in [1.165, 1.54) is 32.9 Å². The van der Waals surface area contributed by atoms with Gasteiger partial charge in [-0.25, -0.2) is 22.3 Å². The molecule has 0 spiro atoms. The Morgan fingerprint density at radius 1 is 0.797 bits per heavy atom. The molecule has 3 aliphatic rings. The van der Waals surface area contributed by atoms with Crippen LogP contribution < -0.4 is 29.5 Å². The fraction of sp³-hybridized carbons (Fsp3) is 0.356. The number of fused-ring (bicyclic) bond motifs is 2. The maximum Gasteiger partial charge on any atom is 0.319 e. The van der Waals surface area contributed by atoms with Crippen LogP contribution in [-0.4, -0.2) is 111 Å². The third-order valence-corrected chi connectivity index (χ3v) is 16.4. The molecule has 79 heavy (non-hydrogen) atoms. The van der Waals surface area contributed by atoms with Crippen LogP contribution >= 0.6 is 0 Å². The molecule has 2 saturated heterocycles. The number of carbonyl (C=O) groups excluding carboxylic acids is 2. The minimum atomic E-state index is -3.93. The minimum absolute atomic E-state index is 0.00171. The highest BCUT2D eigenvalue weighted by Crippen LogP contribution is 2.43. The molecule has 2 fully saturated rings. The first kappa shape index (κ1) is 54.1. The van der Waals surface area contributed by atoms with Crippen molar-refractivity contribution in [3.05, 3.63) is 137 Å². The number of para-hydroxylation sites is 1. The summed E-state index contributed by atoms with van der Waals surface area (Å²) in [5.41, 5.74) is 7.36. The van der Waals surface area contributed by atoms with E-state index in [0.29, 0.717) is 66.7 Å². The molecule has 7 aromatic rings. The van der Waals surface area contributed by atoms with Crippen molar-refractivity contribution in [2.24, 2.45) is 11.8 Å². The Morgan fingerprint density at radius 3 is 2.19 bits per heavy atom. The number of likely N-dealkylation sites (tertiary alicyclic amines) is 1. The topological polar surface area (TPSA) is 232 Å². The van der Waals surface area contributed by atoms with Gasteiger partial charge in [-0.15, -0.1) is 5.10 Å². The molecule has 0 bridgehead atoms. The van der Waals surface area contributed by atoms with Crippen molar-refractivity contribution in [1.82, 2.24) is 34.9 Å². The maximum absolute atomic E-state index is 13.7. The molecular formula is C59H67N11O8S. The van der Waals surface area contributed by atoms with Gasteiger partial charge in [0.25, 0.3) is 5.91 Å². The zero-order valence-corrected chi connectivity index (χ0v) is 46.1. The number of benzene rings is 5. The number of carbonyl (C=O) groups is 2. The number of hydrogen-bond acceptors (Lipinski definition) is 15. The highest BCUT2D eigenvalue weighted by molar-refractivity contribution is 7.92. The minimum Gasteiger partial charge on any atom is -0.508 e. The standard InChI is InChI=1S/C59H67N11O8S/c1-7-78-53-31-44(20-21-48(53)62-58-60-34-50-55(63-58)70(79(6,76)77)49-11-9-8-10-45(49)57(74)66(50)5)68-28-24-42(25-29-68)56(73)61-37(4)41-16-12-40(13-17-41)35-67-26-22-39(23-27-67)30-38-14-18-43(19-15-38)69-54(64-65-59(69)75)47-32-46(36(2)3)51(71)33-52(47)72/h8-21,31-34,36-37,39,42,71-72H,7,22-30,35H2,1-6H3,(H,61,73)(H,65,75)(H,60,62,63)/t37-/m1/s1. The van der Waals surface area contributed by atoms with Crippen molar-refractivity contribution in [3.8, 4) is 40.3 Å². The van der Waals surface area contributed by atoms with Crippen LogP contribution in [0, 0.1) is 11.8 Å². The number of ether oxygens (including phenoxy) is 1. The molecule has 19 nitrogen and oxygen atoms in total. The van der Waals surface area contributed by atoms with Crippen molar-refractivity contribution in [2.45, 2.75) is 78.3 Å². The number of rotatable bonds is 16. The third-order valence-electron chi connectivity index (χ3n) is 15.4. The van der Waals surface area contributed by atoms with E-state index in [1.54, 1.807) is 37.4 Å². The van der Waals surface area contributed by atoms with E-state index in [4.69, 9.17) is 4.74 Å². The van der Waals surface area contributed by atoms with Gasteiger partial charge in [-0.05, 0) is 136 Å². The largest absolute Gasteiger partial charge is 0.508 e. The lowest BCUT2D eigenvalue weighted by Crippen LogP contribution is -2.41. The lowest BCUT2D eigenvalue weighted by Gasteiger charge is -2.34. The van der Waals surface area contributed by atoms with Crippen LogP contribution in [0.25, 0.3) is 17.1 Å². The SMILES string of the molecule is CCOc1cc(N2CCC(C(=O)N[C@H](C)c3ccc(CN4CCC(Cc5ccc(-n6c(O)nnc6-c6cc(C(C)C)c(O)cc6O)cc5)CC4)cc3)CC2)ccc1Nc1ncc2c(n1)N(S(C)(=O)=O)c1ccccc1C(=O)N2C. The van der Waals surface area contributed by atoms with Gasteiger partial charge in [-0.1, -0.05) is 67.5 Å². The monoisotopic (exact) mass is 1090 g/mol. The lowest BCUT2D eigenvalue weighted by molar-refractivity contribution is -0.126. The van der Waals surface area contributed by atoms with Gasteiger partial charge in [-0.3, -0.25) is 14.5 Å². The van der Waals surface area contributed by atoms with Crippen LogP contribution in [0.2, 0.25) is 0 Å². The lowest BCUT2D eigenvalue weighted by atomic mass is 9.90. The summed E-state index contributed by atoms with van der Waals surface area (Å²) in [6.07, 6.45) is 6.99. The zero-order chi connectivity index (χ0) is 55.7. The number of piperidine rings is 2. The summed E-state index contributed by atoms with van der Waals surface area (Å²) < 4.78 is 35.2. The van der Waals surface area contributed by atoms with Crippen molar-refractivity contribution in [3.63, 3.8) is 0 Å².